The summed E-state index contributed by atoms with van der Waals surface area (Å²) in [7, 11) is 0. The highest BCUT2D eigenvalue weighted by atomic mass is 16.5. The van der Waals surface area contributed by atoms with Crippen molar-refractivity contribution in [2.75, 3.05) is 26.3 Å². The molecule has 0 bridgehead atoms. The fourth-order valence-electron chi connectivity index (χ4n) is 2.40. The largest absolute Gasteiger partial charge is 0.490 e. The van der Waals surface area contributed by atoms with Crippen molar-refractivity contribution in [3.8, 4) is 11.5 Å². The number of hydrogen-bond donors (Lipinski definition) is 1. The van der Waals surface area contributed by atoms with Gasteiger partial charge in [0.1, 0.15) is 0 Å². The van der Waals surface area contributed by atoms with Gasteiger partial charge in [0.15, 0.2) is 11.5 Å². The molecule has 3 rings (SSSR count). The van der Waals surface area contributed by atoms with Gasteiger partial charge in [-0.1, -0.05) is 0 Å². The van der Waals surface area contributed by atoms with Gasteiger partial charge in [0, 0.05) is 12.0 Å². The molecule has 2 heterocycles. The first kappa shape index (κ1) is 12.3. The molecule has 19 heavy (non-hydrogen) atoms. The second-order valence-corrected chi connectivity index (χ2v) is 5.37. The van der Waals surface area contributed by atoms with Crippen LogP contribution in [0.5, 0.6) is 11.5 Å². The third kappa shape index (κ3) is 2.38. The first-order valence-electron chi connectivity index (χ1n) is 6.46. The molecular weight excluding hydrogens is 246 g/mol. The lowest BCUT2D eigenvalue weighted by Gasteiger charge is -2.44. The summed E-state index contributed by atoms with van der Waals surface area (Å²) in [6.07, 6.45) is 0.840. The number of carbonyl (C=O) groups is 1. The van der Waals surface area contributed by atoms with Crippen molar-refractivity contribution in [3.05, 3.63) is 23.8 Å². The summed E-state index contributed by atoms with van der Waals surface area (Å²) in [5, 5.41) is 9.67. The number of nitrogens with zero attached hydrogens (tertiary/aromatic N) is 1. The summed E-state index contributed by atoms with van der Waals surface area (Å²) in [4.78, 5) is 13.8. The van der Waals surface area contributed by atoms with Gasteiger partial charge in [-0.25, -0.2) is 0 Å². The molecule has 0 aromatic heterocycles. The van der Waals surface area contributed by atoms with E-state index in [4.69, 9.17) is 9.47 Å². The molecule has 1 aromatic rings. The normalized spacial score (nSPS) is 20.4. The van der Waals surface area contributed by atoms with Crippen LogP contribution in [0.25, 0.3) is 0 Å². The zero-order valence-electron chi connectivity index (χ0n) is 10.9. The molecule has 1 amide bonds. The molecule has 0 radical (unpaired) electrons. The van der Waals surface area contributed by atoms with Crippen LogP contribution in [0.4, 0.5) is 0 Å². The number of fused-ring (bicyclic) bond motifs is 1. The Kier molecular flexibility index (Phi) is 2.86. The van der Waals surface area contributed by atoms with E-state index in [1.807, 2.05) is 0 Å². The third-order valence-electron chi connectivity index (χ3n) is 3.34. The van der Waals surface area contributed by atoms with E-state index in [0.717, 1.165) is 6.42 Å². The monoisotopic (exact) mass is 263 g/mol. The fourth-order valence-corrected chi connectivity index (χ4v) is 2.40. The maximum Gasteiger partial charge on any atom is 0.254 e. The van der Waals surface area contributed by atoms with Gasteiger partial charge in [0.05, 0.1) is 31.9 Å². The smallest absolute Gasteiger partial charge is 0.254 e. The predicted octanol–water partition coefficient (Wildman–Crippen LogP) is 1.05. The van der Waals surface area contributed by atoms with Gasteiger partial charge < -0.3 is 19.5 Å². The maximum absolute atomic E-state index is 12.2. The zero-order valence-corrected chi connectivity index (χ0v) is 10.9. The van der Waals surface area contributed by atoms with Crippen LogP contribution >= 0.6 is 0 Å². The second kappa shape index (κ2) is 4.42. The number of amides is 1. The van der Waals surface area contributed by atoms with Crippen molar-refractivity contribution >= 4 is 5.91 Å². The lowest BCUT2D eigenvalue weighted by Crippen LogP contribution is -2.61. The Labute approximate surface area is 111 Å². The summed E-state index contributed by atoms with van der Waals surface area (Å²) < 4.78 is 11.1. The number of hydrogen-bond acceptors (Lipinski definition) is 4. The molecule has 5 heteroatoms. The van der Waals surface area contributed by atoms with Crippen molar-refractivity contribution < 1.29 is 19.4 Å². The van der Waals surface area contributed by atoms with Gasteiger partial charge in [-0.2, -0.15) is 0 Å². The molecule has 1 N–H and O–H groups in total. The first-order chi connectivity index (χ1) is 9.05. The zero-order chi connectivity index (χ0) is 13.5. The Morgan fingerprint density at radius 3 is 2.63 bits per heavy atom. The molecule has 1 saturated heterocycles. The van der Waals surface area contributed by atoms with Crippen LogP contribution in [0.3, 0.4) is 0 Å². The van der Waals surface area contributed by atoms with Crippen molar-refractivity contribution in [3.63, 3.8) is 0 Å². The average Bonchev–Trinajstić information content (AvgIpc) is 2.59. The number of rotatable bonds is 1. The van der Waals surface area contributed by atoms with Crippen molar-refractivity contribution in [1.82, 2.24) is 4.90 Å². The molecular formula is C14H17NO4. The van der Waals surface area contributed by atoms with Crippen LogP contribution in [0.2, 0.25) is 0 Å². The van der Waals surface area contributed by atoms with Crippen molar-refractivity contribution in [2.45, 2.75) is 18.9 Å². The Morgan fingerprint density at radius 1 is 1.26 bits per heavy atom. The van der Waals surface area contributed by atoms with Crippen LogP contribution in [-0.2, 0) is 0 Å². The van der Waals surface area contributed by atoms with E-state index in [1.54, 1.807) is 30.0 Å². The number of ether oxygens (including phenoxy) is 2. The van der Waals surface area contributed by atoms with Crippen molar-refractivity contribution in [1.29, 1.82) is 0 Å². The SMILES string of the molecule is CC1(O)CN(C(=O)c2ccc3c(c2)OCCCO3)C1. The maximum atomic E-state index is 12.2. The summed E-state index contributed by atoms with van der Waals surface area (Å²) in [5.41, 5.74) is -0.180. The quantitative estimate of drug-likeness (QED) is 0.823. The summed E-state index contributed by atoms with van der Waals surface area (Å²) in [6.45, 7) is 3.71. The topological polar surface area (TPSA) is 59.0 Å². The molecule has 2 aliphatic heterocycles. The summed E-state index contributed by atoms with van der Waals surface area (Å²) in [6, 6.07) is 5.23. The van der Waals surface area contributed by atoms with E-state index in [9.17, 15) is 9.90 Å². The Balaban J connectivity index is 1.78. The molecule has 102 valence electrons. The molecule has 0 unspecified atom stereocenters. The van der Waals surface area contributed by atoms with E-state index in [2.05, 4.69) is 0 Å². The van der Waals surface area contributed by atoms with Crippen molar-refractivity contribution in [2.24, 2.45) is 0 Å². The molecule has 1 aromatic carbocycles. The van der Waals surface area contributed by atoms with Gasteiger partial charge in [0.2, 0.25) is 0 Å². The number of β-amino-alcohol motifs (C(OH)–C–C–N with tert-alkyl or cyclic N) is 1. The Bertz CT molecular complexity index is 504. The minimum atomic E-state index is -0.749. The first-order valence-corrected chi connectivity index (χ1v) is 6.46. The Morgan fingerprint density at radius 2 is 1.95 bits per heavy atom. The minimum Gasteiger partial charge on any atom is -0.490 e. The predicted molar refractivity (Wildman–Crippen MR) is 68.6 cm³/mol. The van der Waals surface area contributed by atoms with Crippen LogP contribution < -0.4 is 9.47 Å². The molecule has 0 saturated carbocycles. The highest BCUT2D eigenvalue weighted by molar-refractivity contribution is 5.95. The highest BCUT2D eigenvalue weighted by Crippen LogP contribution is 2.31. The van der Waals surface area contributed by atoms with Crippen LogP contribution in [0.1, 0.15) is 23.7 Å². The van der Waals surface area contributed by atoms with Gasteiger partial charge >= 0.3 is 0 Å². The third-order valence-corrected chi connectivity index (χ3v) is 3.34. The van der Waals surface area contributed by atoms with Gasteiger partial charge in [0.25, 0.3) is 5.91 Å². The number of carbonyl (C=O) groups excluding carboxylic acids is 1. The number of aliphatic hydroxyl groups is 1. The van der Waals surface area contributed by atoms with E-state index in [0.29, 0.717) is 43.4 Å². The average molecular weight is 263 g/mol. The molecule has 0 aliphatic carbocycles. The standard InChI is InChI=1S/C14H17NO4/c1-14(17)8-15(9-14)13(16)10-3-4-11-12(7-10)19-6-2-5-18-11/h3-4,7,17H,2,5-6,8-9H2,1H3. The Hall–Kier alpha value is -1.75. The van der Waals surface area contributed by atoms with E-state index >= 15 is 0 Å². The number of likely N-dealkylation sites (tertiary alicyclic amines) is 1. The lowest BCUT2D eigenvalue weighted by atomic mass is 9.96. The molecule has 2 aliphatic rings. The highest BCUT2D eigenvalue weighted by Gasteiger charge is 2.39. The molecule has 0 atom stereocenters. The lowest BCUT2D eigenvalue weighted by molar-refractivity contribution is -0.0668. The van der Waals surface area contributed by atoms with Crippen LogP contribution in [-0.4, -0.2) is 47.8 Å². The van der Waals surface area contributed by atoms with Gasteiger partial charge in [-0.3, -0.25) is 4.79 Å². The molecule has 1 fully saturated rings. The van der Waals surface area contributed by atoms with E-state index in [1.165, 1.54) is 0 Å². The van der Waals surface area contributed by atoms with Gasteiger partial charge in [-0.15, -0.1) is 0 Å². The fraction of sp³-hybridized carbons (Fsp3) is 0.500. The van der Waals surface area contributed by atoms with Crippen LogP contribution in [0.15, 0.2) is 18.2 Å². The van der Waals surface area contributed by atoms with E-state index in [-0.39, 0.29) is 5.91 Å². The number of benzene rings is 1. The van der Waals surface area contributed by atoms with E-state index < -0.39 is 5.60 Å². The van der Waals surface area contributed by atoms with Crippen LogP contribution in [0, 0.1) is 0 Å². The van der Waals surface area contributed by atoms with Gasteiger partial charge in [-0.05, 0) is 25.1 Å². The molecule has 5 nitrogen and oxygen atoms in total. The summed E-state index contributed by atoms with van der Waals surface area (Å²) in [5.74, 6) is 1.22. The minimum absolute atomic E-state index is 0.0813. The molecule has 0 spiro atoms. The second-order valence-electron chi connectivity index (χ2n) is 5.37. The summed E-state index contributed by atoms with van der Waals surface area (Å²) >= 11 is 0.